The van der Waals surface area contributed by atoms with Crippen molar-refractivity contribution in [1.29, 1.82) is 0 Å². The van der Waals surface area contributed by atoms with Crippen molar-refractivity contribution in [3.05, 3.63) is 52.6 Å². The summed E-state index contributed by atoms with van der Waals surface area (Å²) in [6.07, 6.45) is 2.72. The fourth-order valence-corrected chi connectivity index (χ4v) is 2.59. The minimum atomic E-state index is -0.671. The number of aryl methyl sites for hydroxylation is 1. The van der Waals surface area contributed by atoms with Crippen LogP contribution in [0.2, 0.25) is 5.02 Å². The molecular weight excluding hydrogens is 398 g/mol. The number of ether oxygens (including phenoxy) is 4. The Bertz CT molecular complexity index is 900. The molecule has 154 valence electrons. The van der Waals surface area contributed by atoms with E-state index in [4.69, 9.17) is 30.5 Å². The Morgan fingerprint density at radius 3 is 2.24 bits per heavy atom. The summed E-state index contributed by atoms with van der Waals surface area (Å²) in [5, 5.41) is 3.15. The lowest BCUT2D eigenvalue weighted by Crippen LogP contribution is -2.20. The highest BCUT2D eigenvalue weighted by atomic mass is 35.5. The van der Waals surface area contributed by atoms with E-state index in [-0.39, 0.29) is 0 Å². The minimum Gasteiger partial charge on any atom is -0.493 e. The summed E-state index contributed by atoms with van der Waals surface area (Å²) in [6, 6.07) is 8.48. The summed E-state index contributed by atoms with van der Waals surface area (Å²) < 4.78 is 20.7. The van der Waals surface area contributed by atoms with Gasteiger partial charge in [-0.2, -0.15) is 0 Å². The second kappa shape index (κ2) is 10.4. The highest BCUT2D eigenvalue weighted by Gasteiger charge is 2.12. The number of carbonyl (C=O) groups is 2. The van der Waals surface area contributed by atoms with E-state index in [2.05, 4.69) is 5.32 Å². The van der Waals surface area contributed by atoms with Crippen LogP contribution in [0.25, 0.3) is 6.08 Å². The number of anilines is 1. The molecule has 0 saturated heterocycles. The van der Waals surface area contributed by atoms with Crippen molar-refractivity contribution in [2.45, 2.75) is 6.92 Å². The van der Waals surface area contributed by atoms with Crippen LogP contribution in [0, 0.1) is 6.92 Å². The van der Waals surface area contributed by atoms with Crippen LogP contribution in [0.5, 0.6) is 17.2 Å². The first kappa shape index (κ1) is 22.1. The Hall–Kier alpha value is -3.19. The highest BCUT2D eigenvalue weighted by molar-refractivity contribution is 6.31. The van der Waals surface area contributed by atoms with E-state index < -0.39 is 18.5 Å². The third kappa shape index (κ3) is 6.15. The second-order valence-corrected chi connectivity index (χ2v) is 6.32. The Labute approximate surface area is 174 Å². The zero-order chi connectivity index (χ0) is 21.4. The molecule has 0 aromatic heterocycles. The van der Waals surface area contributed by atoms with Gasteiger partial charge < -0.3 is 24.3 Å². The smallest absolute Gasteiger partial charge is 0.331 e. The first-order valence-electron chi connectivity index (χ1n) is 8.58. The van der Waals surface area contributed by atoms with Crippen molar-refractivity contribution < 1.29 is 28.5 Å². The number of carbonyl (C=O) groups excluding carboxylic acids is 2. The molecule has 2 aromatic carbocycles. The van der Waals surface area contributed by atoms with Crippen molar-refractivity contribution in [3.63, 3.8) is 0 Å². The molecule has 0 aliphatic carbocycles. The first-order chi connectivity index (χ1) is 13.9. The molecule has 0 aliphatic heterocycles. The number of hydrogen-bond acceptors (Lipinski definition) is 6. The molecule has 0 aliphatic rings. The van der Waals surface area contributed by atoms with Gasteiger partial charge in [0.15, 0.2) is 18.1 Å². The molecule has 0 saturated carbocycles. The summed E-state index contributed by atoms with van der Waals surface area (Å²) in [7, 11) is 4.50. The molecule has 2 rings (SSSR count). The summed E-state index contributed by atoms with van der Waals surface area (Å²) in [5.41, 5.74) is 2.05. The molecule has 8 heteroatoms. The standard InChI is InChI=1S/C21H22ClNO6/c1-13-5-7-15(11-16(13)22)23-19(24)12-29-20(25)8-6-14-9-17(26-2)21(28-4)18(10-14)27-3/h5-11H,12H2,1-4H3,(H,23,24). The fraction of sp³-hybridized carbons (Fsp3) is 0.238. The molecule has 0 unspecified atom stereocenters. The van der Waals surface area contributed by atoms with Gasteiger partial charge in [-0.05, 0) is 48.4 Å². The number of benzene rings is 2. The molecule has 0 atom stereocenters. The summed E-state index contributed by atoms with van der Waals surface area (Å²) >= 11 is 6.01. The van der Waals surface area contributed by atoms with E-state index in [9.17, 15) is 9.59 Å². The number of rotatable bonds is 8. The Kier molecular flexibility index (Phi) is 7.91. The van der Waals surface area contributed by atoms with E-state index in [0.29, 0.717) is 33.5 Å². The Morgan fingerprint density at radius 2 is 1.69 bits per heavy atom. The second-order valence-electron chi connectivity index (χ2n) is 5.91. The topological polar surface area (TPSA) is 83.1 Å². The zero-order valence-corrected chi connectivity index (χ0v) is 17.3. The van der Waals surface area contributed by atoms with Crippen LogP contribution in [0.1, 0.15) is 11.1 Å². The van der Waals surface area contributed by atoms with E-state index in [1.54, 1.807) is 30.3 Å². The van der Waals surface area contributed by atoms with Crippen LogP contribution in [0.15, 0.2) is 36.4 Å². The minimum absolute atomic E-state index is 0.427. The Morgan fingerprint density at radius 1 is 1.03 bits per heavy atom. The van der Waals surface area contributed by atoms with Crippen LogP contribution in [0.4, 0.5) is 5.69 Å². The van der Waals surface area contributed by atoms with Crippen molar-refractivity contribution >= 4 is 35.2 Å². The average molecular weight is 420 g/mol. The molecule has 0 bridgehead atoms. The quantitative estimate of drug-likeness (QED) is 0.516. The maximum atomic E-state index is 11.9. The van der Waals surface area contributed by atoms with E-state index >= 15 is 0 Å². The van der Waals surface area contributed by atoms with Gasteiger partial charge in [0.2, 0.25) is 5.75 Å². The lowest BCUT2D eigenvalue weighted by atomic mass is 10.1. The maximum Gasteiger partial charge on any atom is 0.331 e. The predicted molar refractivity (Wildman–Crippen MR) is 111 cm³/mol. The average Bonchev–Trinajstić information content (AvgIpc) is 2.72. The molecule has 1 N–H and O–H groups in total. The molecule has 2 aromatic rings. The van der Waals surface area contributed by atoms with Crippen molar-refractivity contribution in [2.75, 3.05) is 33.3 Å². The van der Waals surface area contributed by atoms with E-state index in [1.165, 1.54) is 33.5 Å². The van der Waals surface area contributed by atoms with Crippen molar-refractivity contribution in [3.8, 4) is 17.2 Å². The number of amides is 1. The van der Waals surface area contributed by atoms with E-state index in [1.807, 2.05) is 6.92 Å². The largest absolute Gasteiger partial charge is 0.493 e. The lowest BCUT2D eigenvalue weighted by molar-refractivity contribution is -0.142. The van der Waals surface area contributed by atoms with Crippen LogP contribution >= 0.6 is 11.6 Å². The Balaban J connectivity index is 1.95. The monoisotopic (exact) mass is 419 g/mol. The van der Waals surface area contributed by atoms with Crippen LogP contribution in [-0.4, -0.2) is 39.8 Å². The molecule has 29 heavy (non-hydrogen) atoms. The molecule has 0 spiro atoms. The summed E-state index contributed by atoms with van der Waals surface area (Å²) in [5.74, 6) is 0.213. The number of halogens is 1. The first-order valence-corrected chi connectivity index (χ1v) is 8.96. The molecule has 0 fully saturated rings. The molecule has 7 nitrogen and oxygen atoms in total. The fourth-order valence-electron chi connectivity index (χ4n) is 2.41. The van der Waals surface area contributed by atoms with Gasteiger partial charge in [-0.25, -0.2) is 4.79 Å². The molecule has 1 amide bonds. The number of nitrogens with one attached hydrogen (secondary N) is 1. The number of hydrogen-bond donors (Lipinski definition) is 1. The SMILES string of the molecule is COc1cc(C=CC(=O)OCC(=O)Nc2ccc(C)c(Cl)c2)cc(OC)c1OC. The summed E-state index contributed by atoms with van der Waals surface area (Å²) in [6.45, 7) is 1.43. The predicted octanol–water partition coefficient (Wildman–Crippen LogP) is 3.87. The zero-order valence-electron chi connectivity index (χ0n) is 16.6. The number of esters is 1. The van der Waals surface area contributed by atoms with Gasteiger partial charge >= 0.3 is 5.97 Å². The highest BCUT2D eigenvalue weighted by Crippen LogP contribution is 2.38. The third-order valence-electron chi connectivity index (χ3n) is 3.90. The molecule has 0 radical (unpaired) electrons. The lowest BCUT2D eigenvalue weighted by Gasteiger charge is -2.12. The van der Waals surface area contributed by atoms with Crippen LogP contribution in [-0.2, 0) is 14.3 Å². The van der Waals surface area contributed by atoms with Gasteiger partial charge in [-0.3, -0.25) is 4.79 Å². The van der Waals surface area contributed by atoms with Gasteiger partial charge in [0, 0.05) is 16.8 Å². The third-order valence-corrected chi connectivity index (χ3v) is 4.31. The maximum absolute atomic E-state index is 11.9. The van der Waals surface area contributed by atoms with Gasteiger partial charge in [0.05, 0.1) is 21.3 Å². The van der Waals surface area contributed by atoms with Crippen molar-refractivity contribution in [2.24, 2.45) is 0 Å². The van der Waals surface area contributed by atoms with Crippen molar-refractivity contribution in [1.82, 2.24) is 0 Å². The molecule has 0 heterocycles. The van der Waals surface area contributed by atoms with Gasteiger partial charge in [-0.15, -0.1) is 0 Å². The van der Waals surface area contributed by atoms with Gasteiger partial charge in [0.1, 0.15) is 0 Å². The van der Waals surface area contributed by atoms with Gasteiger partial charge in [-0.1, -0.05) is 17.7 Å². The van der Waals surface area contributed by atoms with Gasteiger partial charge in [0.25, 0.3) is 5.91 Å². The molecular formula is C21H22ClNO6. The summed E-state index contributed by atoms with van der Waals surface area (Å²) in [4.78, 5) is 23.8. The van der Waals surface area contributed by atoms with Crippen LogP contribution < -0.4 is 19.5 Å². The number of methoxy groups -OCH3 is 3. The van der Waals surface area contributed by atoms with Crippen LogP contribution in [0.3, 0.4) is 0 Å². The van der Waals surface area contributed by atoms with E-state index in [0.717, 1.165) is 5.56 Å². The normalized spacial score (nSPS) is 10.5.